The minimum absolute atomic E-state index is 0.0875. The topological polar surface area (TPSA) is 95.2 Å². The van der Waals surface area contributed by atoms with Gasteiger partial charge in [-0.15, -0.1) is 0 Å². The molecule has 1 fully saturated rings. The molecule has 1 saturated heterocycles. The molecular weight excluding hydrogens is 404 g/mol. The zero-order chi connectivity index (χ0) is 22.7. The lowest BCUT2D eigenvalue weighted by Crippen LogP contribution is -2.43. The maximum atomic E-state index is 12.9. The van der Waals surface area contributed by atoms with Crippen molar-refractivity contribution in [2.45, 2.75) is 26.7 Å². The molecule has 7 heteroatoms. The van der Waals surface area contributed by atoms with Crippen LogP contribution in [-0.4, -0.2) is 39.8 Å². The Morgan fingerprint density at radius 3 is 2.47 bits per heavy atom. The van der Waals surface area contributed by atoms with Crippen LogP contribution in [0.3, 0.4) is 0 Å². The standard InChI is InChI=1S/C25H26N4O3/c1-16-4-3-5-19(14-16)21-7-6-20(24(31)27-21)25(32)29-12-9-18(10-13-29)23(30)28-22-15-17(2)8-11-26-22/h3-8,11,14-15,18H,9-10,12-13H2,1-2H3,(H,27,31)(H,26,28,30). The highest BCUT2D eigenvalue weighted by molar-refractivity contribution is 5.95. The molecule has 0 saturated carbocycles. The van der Waals surface area contributed by atoms with Gasteiger partial charge >= 0.3 is 0 Å². The first-order valence-corrected chi connectivity index (χ1v) is 10.7. The molecule has 2 amide bonds. The minimum Gasteiger partial charge on any atom is -0.338 e. The molecule has 0 aliphatic carbocycles. The smallest absolute Gasteiger partial charge is 0.261 e. The fourth-order valence-corrected chi connectivity index (χ4v) is 3.97. The van der Waals surface area contributed by atoms with Gasteiger partial charge < -0.3 is 15.2 Å². The number of H-pyrrole nitrogens is 1. The van der Waals surface area contributed by atoms with E-state index in [0.717, 1.165) is 16.7 Å². The predicted octanol–water partition coefficient (Wildman–Crippen LogP) is 3.54. The second-order valence-corrected chi connectivity index (χ2v) is 8.26. The van der Waals surface area contributed by atoms with E-state index in [-0.39, 0.29) is 23.3 Å². The highest BCUT2D eigenvalue weighted by atomic mass is 16.2. The molecule has 2 aromatic heterocycles. The largest absolute Gasteiger partial charge is 0.338 e. The summed E-state index contributed by atoms with van der Waals surface area (Å²) in [4.78, 5) is 46.7. The third-order valence-corrected chi connectivity index (χ3v) is 5.79. The zero-order valence-corrected chi connectivity index (χ0v) is 18.2. The minimum atomic E-state index is -0.403. The Morgan fingerprint density at radius 1 is 1.03 bits per heavy atom. The summed E-state index contributed by atoms with van der Waals surface area (Å²) < 4.78 is 0. The number of nitrogens with zero attached hydrogens (tertiary/aromatic N) is 2. The van der Waals surface area contributed by atoms with Crippen LogP contribution in [-0.2, 0) is 4.79 Å². The number of likely N-dealkylation sites (tertiary alicyclic amines) is 1. The molecule has 0 bridgehead atoms. The van der Waals surface area contributed by atoms with Crippen molar-refractivity contribution in [1.29, 1.82) is 0 Å². The Kier molecular flexibility index (Phi) is 6.16. The Hall–Kier alpha value is -3.74. The van der Waals surface area contributed by atoms with Crippen LogP contribution in [0.4, 0.5) is 5.82 Å². The number of aryl methyl sites for hydroxylation is 2. The fourth-order valence-electron chi connectivity index (χ4n) is 3.97. The van der Waals surface area contributed by atoms with E-state index in [1.807, 2.05) is 50.2 Å². The van der Waals surface area contributed by atoms with E-state index in [1.165, 1.54) is 0 Å². The number of benzene rings is 1. The molecule has 164 valence electrons. The van der Waals surface area contributed by atoms with Gasteiger partial charge in [0.2, 0.25) is 5.91 Å². The average molecular weight is 431 g/mol. The quantitative estimate of drug-likeness (QED) is 0.662. The van der Waals surface area contributed by atoms with Crippen LogP contribution in [0.1, 0.15) is 34.3 Å². The molecule has 32 heavy (non-hydrogen) atoms. The predicted molar refractivity (Wildman–Crippen MR) is 123 cm³/mol. The van der Waals surface area contributed by atoms with Crippen molar-refractivity contribution in [1.82, 2.24) is 14.9 Å². The van der Waals surface area contributed by atoms with Crippen LogP contribution in [0.25, 0.3) is 11.3 Å². The molecule has 2 N–H and O–H groups in total. The molecule has 4 rings (SSSR count). The highest BCUT2D eigenvalue weighted by Gasteiger charge is 2.29. The van der Waals surface area contributed by atoms with Gasteiger partial charge in [-0.05, 0) is 68.1 Å². The van der Waals surface area contributed by atoms with Crippen LogP contribution in [0.5, 0.6) is 0 Å². The Balaban J connectivity index is 1.39. The second-order valence-electron chi connectivity index (χ2n) is 8.26. The van der Waals surface area contributed by atoms with Gasteiger partial charge in [0.25, 0.3) is 11.5 Å². The number of piperidine rings is 1. The molecule has 3 aromatic rings. The van der Waals surface area contributed by atoms with Crippen LogP contribution in [0.2, 0.25) is 0 Å². The van der Waals surface area contributed by atoms with E-state index >= 15 is 0 Å². The molecule has 0 radical (unpaired) electrons. The third kappa shape index (κ3) is 4.77. The van der Waals surface area contributed by atoms with Crippen LogP contribution in [0, 0.1) is 19.8 Å². The molecule has 0 atom stereocenters. The number of hydrogen-bond donors (Lipinski definition) is 2. The van der Waals surface area contributed by atoms with Crippen molar-refractivity contribution in [3.63, 3.8) is 0 Å². The molecule has 1 aromatic carbocycles. The first-order valence-electron chi connectivity index (χ1n) is 10.7. The van der Waals surface area contributed by atoms with Gasteiger partial charge in [-0.25, -0.2) is 4.98 Å². The SMILES string of the molecule is Cc1cccc(-c2ccc(C(=O)N3CCC(C(=O)Nc4cc(C)ccn4)CC3)c(=O)[nH]2)c1. The van der Waals surface area contributed by atoms with E-state index in [4.69, 9.17) is 0 Å². The highest BCUT2D eigenvalue weighted by Crippen LogP contribution is 2.21. The number of anilines is 1. The van der Waals surface area contributed by atoms with E-state index < -0.39 is 5.56 Å². The lowest BCUT2D eigenvalue weighted by Gasteiger charge is -2.31. The van der Waals surface area contributed by atoms with Gasteiger partial charge in [-0.3, -0.25) is 14.4 Å². The van der Waals surface area contributed by atoms with E-state index in [9.17, 15) is 14.4 Å². The van der Waals surface area contributed by atoms with Gasteiger partial charge in [0.15, 0.2) is 0 Å². The fraction of sp³-hybridized carbons (Fsp3) is 0.280. The van der Waals surface area contributed by atoms with Gasteiger partial charge in [-0.1, -0.05) is 23.8 Å². The lowest BCUT2D eigenvalue weighted by atomic mass is 9.95. The van der Waals surface area contributed by atoms with Crippen molar-refractivity contribution in [2.24, 2.45) is 5.92 Å². The first kappa shape index (κ1) is 21.5. The average Bonchev–Trinajstić information content (AvgIpc) is 2.79. The summed E-state index contributed by atoms with van der Waals surface area (Å²) in [5.41, 5.74) is 3.40. The monoisotopic (exact) mass is 430 g/mol. The molecule has 1 aliphatic heterocycles. The Morgan fingerprint density at radius 2 is 1.78 bits per heavy atom. The number of carbonyl (C=O) groups excluding carboxylic acids is 2. The summed E-state index contributed by atoms with van der Waals surface area (Å²) in [7, 11) is 0. The second kappa shape index (κ2) is 9.18. The van der Waals surface area contributed by atoms with Gasteiger partial charge in [0, 0.05) is 30.9 Å². The van der Waals surface area contributed by atoms with Gasteiger partial charge in [-0.2, -0.15) is 0 Å². The van der Waals surface area contributed by atoms with Crippen molar-refractivity contribution in [3.8, 4) is 11.3 Å². The first-order chi connectivity index (χ1) is 15.4. The molecule has 0 unspecified atom stereocenters. The number of aromatic amines is 1. The number of aromatic nitrogens is 2. The molecular formula is C25H26N4O3. The van der Waals surface area contributed by atoms with E-state index in [2.05, 4.69) is 15.3 Å². The Bertz CT molecular complexity index is 1210. The molecule has 0 spiro atoms. The Labute approximate surface area is 186 Å². The molecule has 1 aliphatic rings. The summed E-state index contributed by atoms with van der Waals surface area (Å²) >= 11 is 0. The van der Waals surface area contributed by atoms with Crippen molar-refractivity contribution in [3.05, 3.63) is 81.8 Å². The normalized spacial score (nSPS) is 14.2. The number of hydrogen-bond acceptors (Lipinski definition) is 4. The maximum Gasteiger partial charge on any atom is 0.261 e. The molecule has 7 nitrogen and oxygen atoms in total. The number of rotatable bonds is 4. The van der Waals surface area contributed by atoms with Crippen molar-refractivity contribution >= 4 is 17.6 Å². The summed E-state index contributed by atoms with van der Waals surface area (Å²) in [5.74, 6) is -0.0473. The number of pyridine rings is 2. The maximum absolute atomic E-state index is 12.9. The molecule has 3 heterocycles. The number of nitrogens with one attached hydrogen (secondary N) is 2. The van der Waals surface area contributed by atoms with Gasteiger partial charge in [0.1, 0.15) is 11.4 Å². The lowest BCUT2D eigenvalue weighted by molar-refractivity contribution is -0.121. The summed E-state index contributed by atoms with van der Waals surface area (Å²) in [6, 6.07) is 14.9. The number of carbonyl (C=O) groups is 2. The van der Waals surface area contributed by atoms with Crippen LogP contribution >= 0.6 is 0 Å². The van der Waals surface area contributed by atoms with Crippen LogP contribution < -0.4 is 10.9 Å². The summed E-state index contributed by atoms with van der Waals surface area (Å²) in [5, 5.41) is 2.85. The summed E-state index contributed by atoms with van der Waals surface area (Å²) in [6.07, 6.45) is 2.75. The van der Waals surface area contributed by atoms with Crippen molar-refractivity contribution < 1.29 is 9.59 Å². The summed E-state index contributed by atoms with van der Waals surface area (Å²) in [6.45, 7) is 4.78. The van der Waals surface area contributed by atoms with Crippen molar-refractivity contribution in [2.75, 3.05) is 18.4 Å². The van der Waals surface area contributed by atoms with Gasteiger partial charge in [0.05, 0.1) is 0 Å². The van der Waals surface area contributed by atoms with E-state index in [1.54, 1.807) is 23.2 Å². The third-order valence-electron chi connectivity index (χ3n) is 5.79. The van der Waals surface area contributed by atoms with E-state index in [0.29, 0.717) is 37.4 Å². The number of amides is 2. The van der Waals surface area contributed by atoms with Crippen LogP contribution in [0.15, 0.2) is 59.5 Å². The zero-order valence-electron chi connectivity index (χ0n) is 18.2.